The highest BCUT2D eigenvalue weighted by Crippen LogP contribution is 2.31. The van der Waals surface area contributed by atoms with E-state index in [1.165, 1.54) is 19.3 Å². The molecule has 3 fully saturated rings. The van der Waals surface area contributed by atoms with Crippen LogP contribution in [-0.2, 0) is 9.53 Å². The summed E-state index contributed by atoms with van der Waals surface area (Å²) in [6.45, 7) is 5.23. The van der Waals surface area contributed by atoms with E-state index in [9.17, 15) is 4.79 Å². The molecule has 0 aromatic carbocycles. The fourth-order valence-electron chi connectivity index (χ4n) is 3.93. The molecule has 3 saturated heterocycles. The zero-order valence-electron chi connectivity index (χ0n) is 11.9. The van der Waals surface area contributed by atoms with Crippen molar-refractivity contribution in [1.82, 2.24) is 10.2 Å². The summed E-state index contributed by atoms with van der Waals surface area (Å²) in [7, 11) is 0. The normalized spacial score (nSPS) is 39.7. The third-order valence-corrected chi connectivity index (χ3v) is 4.97. The molecule has 4 heteroatoms. The minimum Gasteiger partial charge on any atom is -0.365 e. The summed E-state index contributed by atoms with van der Waals surface area (Å²) in [5.74, 6) is 0.913. The minimum absolute atomic E-state index is 0.160. The van der Waals surface area contributed by atoms with Gasteiger partial charge in [-0.05, 0) is 64.5 Å². The average Bonchev–Trinajstić information content (AvgIpc) is 3.07. The van der Waals surface area contributed by atoms with Crippen molar-refractivity contribution in [2.24, 2.45) is 5.92 Å². The standard InChI is InChI=1S/C15H26N2O2/c1-11-6-7-14(19-11)15(18)17-9-3-5-13(17)12-4-2-8-16-10-12/h11-14,16H,2-10H2,1H3. The van der Waals surface area contributed by atoms with Crippen LogP contribution < -0.4 is 5.32 Å². The molecule has 4 nitrogen and oxygen atoms in total. The van der Waals surface area contributed by atoms with Gasteiger partial charge in [-0.3, -0.25) is 4.79 Å². The summed E-state index contributed by atoms with van der Waals surface area (Å²) in [6.07, 6.45) is 6.89. The lowest BCUT2D eigenvalue weighted by Crippen LogP contribution is -2.48. The van der Waals surface area contributed by atoms with Crippen molar-refractivity contribution in [3.05, 3.63) is 0 Å². The number of likely N-dealkylation sites (tertiary alicyclic amines) is 1. The van der Waals surface area contributed by atoms with Crippen LogP contribution in [-0.4, -0.2) is 48.7 Å². The smallest absolute Gasteiger partial charge is 0.251 e. The van der Waals surface area contributed by atoms with Crippen molar-refractivity contribution in [3.63, 3.8) is 0 Å². The lowest BCUT2D eigenvalue weighted by atomic mass is 9.90. The van der Waals surface area contributed by atoms with Gasteiger partial charge in [0, 0.05) is 12.6 Å². The number of ether oxygens (including phenoxy) is 1. The number of piperidine rings is 1. The number of rotatable bonds is 2. The molecule has 3 heterocycles. The Bertz CT molecular complexity index is 328. The topological polar surface area (TPSA) is 41.6 Å². The van der Waals surface area contributed by atoms with E-state index in [1.54, 1.807) is 0 Å². The molecule has 0 radical (unpaired) electrons. The first-order valence-corrected chi connectivity index (χ1v) is 7.92. The van der Waals surface area contributed by atoms with Gasteiger partial charge in [0.05, 0.1) is 6.10 Å². The number of carbonyl (C=O) groups excluding carboxylic acids is 1. The van der Waals surface area contributed by atoms with Crippen LogP contribution in [0.2, 0.25) is 0 Å². The predicted molar refractivity (Wildman–Crippen MR) is 73.9 cm³/mol. The van der Waals surface area contributed by atoms with Crippen molar-refractivity contribution in [1.29, 1.82) is 0 Å². The number of hydrogen-bond donors (Lipinski definition) is 1. The van der Waals surface area contributed by atoms with Crippen molar-refractivity contribution in [2.75, 3.05) is 19.6 Å². The van der Waals surface area contributed by atoms with E-state index in [0.717, 1.165) is 38.9 Å². The molecule has 0 aromatic rings. The van der Waals surface area contributed by atoms with E-state index < -0.39 is 0 Å². The molecule has 3 aliphatic heterocycles. The van der Waals surface area contributed by atoms with Gasteiger partial charge in [-0.1, -0.05) is 0 Å². The van der Waals surface area contributed by atoms with E-state index in [0.29, 0.717) is 12.0 Å². The highest BCUT2D eigenvalue weighted by molar-refractivity contribution is 5.81. The molecule has 3 aliphatic rings. The summed E-state index contributed by atoms with van der Waals surface area (Å²) in [4.78, 5) is 14.8. The van der Waals surface area contributed by atoms with Gasteiger partial charge in [0.15, 0.2) is 0 Å². The Morgan fingerprint density at radius 2 is 2.11 bits per heavy atom. The summed E-state index contributed by atoms with van der Waals surface area (Å²) in [6, 6.07) is 0.458. The highest BCUT2D eigenvalue weighted by atomic mass is 16.5. The molecule has 0 aliphatic carbocycles. The number of carbonyl (C=O) groups is 1. The van der Waals surface area contributed by atoms with Crippen LogP contribution in [0, 0.1) is 5.92 Å². The van der Waals surface area contributed by atoms with E-state index in [1.807, 2.05) is 0 Å². The summed E-state index contributed by atoms with van der Waals surface area (Å²) < 4.78 is 5.76. The third-order valence-electron chi connectivity index (χ3n) is 4.97. The van der Waals surface area contributed by atoms with Crippen molar-refractivity contribution >= 4 is 5.91 Å². The van der Waals surface area contributed by atoms with Crippen molar-refractivity contribution in [3.8, 4) is 0 Å². The maximum Gasteiger partial charge on any atom is 0.251 e. The van der Waals surface area contributed by atoms with Gasteiger partial charge < -0.3 is 15.0 Å². The lowest BCUT2D eigenvalue weighted by Gasteiger charge is -2.35. The van der Waals surface area contributed by atoms with Crippen molar-refractivity contribution < 1.29 is 9.53 Å². The maximum atomic E-state index is 12.6. The van der Waals surface area contributed by atoms with Gasteiger partial charge in [-0.2, -0.15) is 0 Å². The molecule has 0 spiro atoms. The summed E-state index contributed by atoms with van der Waals surface area (Å²) in [5, 5.41) is 3.48. The second-order valence-corrected chi connectivity index (χ2v) is 6.36. The van der Waals surface area contributed by atoms with Gasteiger partial charge in [-0.15, -0.1) is 0 Å². The molecule has 1 amide bonds. The van der Waals surface area contributed by atoms with Crippen LogP contribution in [0.3, 0.4) is 0 Å². The molecular weight excluding hydrogens is 240 g/mol. The number of nitrogens with one attached hydrogen (secondary N) is 1. The molecule has 19 heavy (non-hydrogen) atoms. The largest absolute Gasteiger partial charge is 0.365 e. The predicted octanol–water partition coefficient (Wildman–Crippen LogP) is 1.54. The Morgan fingerprint density at radius 1 is 1.21 bits per heavy atom. The van der Waals surface area contributed by atoms with Gasteiger partial charge in [-0.25, -0.2) is 0 Å². The zero-order valence-corrected chi connectivity index (χ0v) is 11.9. The number of amides is 1. The zero-order chi connectivity index (χ0) is 13.2. The molecule has 3 rings (SSSR count). The van der Waals surface area contributed by atoms with E-state index >= 15 is 0 Å². The Balaban J connectivity index is 1.63. The molecule has 0 aromatic heterocycles. The Kier molecular flexibility index (Phi) is 4.08. The van der Waals surface area contributed by atoms with Gasteiger partial charge in [0.2, 0.25) is 0 Å². The highest BCUT2D eigenvalue weighted by Gasteiger charge is 2.39. The van der Waals surface area contributed by atoms with Crippen LogP contribution in [0.1, 0.15) is 45.4 Å². The van der Waals surface area contributed by atoms with Crippen LogP contribution in [0.5, 0.6) is 0 Å². The first-order chi connectivity index (χ1) is 9.25. The van der Waals surface area contributed by atoms with Gasteiger partial charge in [0.1, 0.15) is 6.10 Å². The van der Waals surface area contributed by atoms with Crippen molar-refractivity contribution in [2.45, 2.75) is 63.7 Å². The first kappa shape index (κ1) is 13.4. The van der Waals surface area contributed by atoms with Crippen LogP contribution >= 0.6 is 0 Å². The first-order valence-electron chi connectivity index (χ1n) is 7.92. The average molecular weight is 266 g/mol. The molecular formula is C15H26N2O2. The molecule has 4 unspecified atom stereocenters. The maximum absolute atomic E-state index is 12.6. The number of hydrogen-bond acceptors (Lipinski definition) is 3. The molecule has 1 N–H and O–H groups in total. The molecule has 0 bridgehead atoms. The molecule has 108 valence electrons. The Morgan fingerprint density at radius 3 is 2.79 bits per heavy atom. The summed E-state index contributed by atoms with van der Waals surface area (Å²) in [5.41, 5.74) is 0. The van der Waals surface area contributed by atoms with Gasteiger partial charge >= 0.3 is 0 Å². The SMILES string of the molecule is CC1CCC(C(=O)N2CCCC2C2CCCNC2)O1. The van der Waals surface area contributed by atoms with Crippen LogP contribution in [0.15, 0.2) is 0 Å². The summed E-state index contributed by atoms with van der Waals surface area (Å²) >= 11 is 0. The second-order valence-electron chi connectivity index (χ2n) is 6.36. The Hall–Kier alpha value is -0.610. The van der Waals surface area contributed by atoms with Crippen LogP contribution in [0.4, 0.5) is 0 Å². The third kappa shape index (κ3) is 2.79. The molecule has 4 atom stereocenters. The lowest BCUT2D eigenvalue weighted by molar-refractivity contribution is -0.144. The van der Waals surface area contributed by atoms with Crippen LogP contribution in [0.25, 0.3) is 0 Å². The minimum atomic E-state index is -0.160. The molecule has 0 saturated carbocycles. The Labute approximate surface area is 115 Å². The van der Waals surface area contributed by atoms with E-state index in [-0.39, 0.29) is 18.1 Å². The monoisotopic (exact) mass is 266 g/mol. The van der Waals surface area contributed by atoms with E-state index in [4.69, 9.17) is 4.74 Å². The quantitative estimate of drug-likeness (QED) is 0.824. The van der Waals surface area contributed by atoms with E-state index in [2.05, 4.69) is 17.1 Å². The fourth-order valence-corrected chi connectivity index (χ4v) is 3.93. The van der Waals surface area contributed by atoms with Gasteiger partial charge in [0.25, 0.3) is 5.91 Å². The fraction of sp³-hybridized carbons (Fsp3) is 0.933. The second kappa shape index (κ2) is 5.80. The number of nitrogens with zero attached hydrogens (tertiary/aromatic N) is 1.